The van der Waals surface area contributed by atoms with Crippen molar-refractivity contribution in [3.63, 3.8) is 0 Å². The van der Waals surface area contributed by atoms with Gasteiger partial charge in [0.05, 0.1) is 12.2 Å². The van der Waals surface area contributed by atoms with E-state index >= 15 is 0 Å². The second-order valence-electron chi connectivity index (χ2n) is 7.63. The Morgan fingerprint density at radius 1 is 0.935 bits per heavy atom. The quantitative estimate of drug-likeness (QED) is 0.559. The van der Waals surface area contributed by atoms with Crippen LogP contribution in [0.5, 0.6) is 5.75 Å². The summed E-state index contributed by atoms with van der Waals surface area (Å²) in [5.41, 5.74) is 3.03. The molecule has 1 atom stereocenters. The zero-order valence-corrected chi connectivity index (χ0v) is 18.0. The van der Waals surface area contributed by atoms with Gasteiger partial charge in [-0.2, -0.15) is 0 Å². The lowest BCUT2D eigenvalue weighted by atomic mass is 9.89. The third kappa shape index (κ3) is 4.14. The number of para-hydroxylation sites is 1. The van der Waals surface area contributed by atoms with Crippen LogP contribution in [0.1, 0.15) is 34.8 Å². The Morgan fingerprint density at radius 3 is 2.35 bits per heavy atom. The highest BCUT2D eigenvalue weighted by molar-refractivity contribution is 6.02. The maximum absolute atomic E-state index is 13.4. The van der Waals surface area contributed by atoms with Gasteiger partial charge in [-0.1, -0.05) is 61.5 Å². The molecule has 1 heterocycles. The molecule has 0 fully saturated rings. The molecule has 1 unspecified atom stereocenters. The molecule has 1 aliphatic heterocycles. The van der Waals surface area contributed by atoms with E-state index in [1.807, 2.05) is 83.8 Å². The Kier molecular flexibility index (Phi) is 6.23. The predicted octanol–water partition coefficient (Wildman–Crippen LogP) is 5.04. The third-order valence-electron chi connectivity index (χ3n) is 5.82. The molecule has 0 spiro atoms. The van der Waals surface area contributed by atoms with E-state index in [1.54, 1.807) is 7.11 Å². The smallest absolute Gasteiger partial charge is 0.258 e. The lowest BCUT2D eigenvalue weighted by Crippen LogP contribution is -2.58. The summed E-state index contributed by atoms with van der Waals surface area (Å²) in [4.78, 5) is 15.3. The van der Waals surface area contributed by atoms with E-state index in [0.29, 0.717) is 31.7 Å². The van der Waals surface area contributed by atoms with Gasteiger partial charge < -0.3 is 19.7 Å². The number of amides is 1. The zero-order valence-electron chi connectivity index (χ0n) is 18.0. The molecule has 1 N–H and O–H groups in total. The van der Waals surface area contributed by atoms with Crippen LogP contribution in [0.2, 0.25) is 0 Å². The van der Waals surface area contributed by atoms with Crippen molar-refractivity contribution in [2.24, 2.45) is 0 Å². The number of hydrogen-bond donors (Lipinski definition) is 1. The minimum Gasteiger partial charge on any atom is -0.489 e. The molecule has 0 saturated carbocycles. The lowest BCUT2D eigenvalue weighted by molar-refractivity contribution is 0.0381. The molecule has 0 aliphatic carbocycles. The van der Waals surface area contributed by atoms with E-state index in [2.05, 4.69) is 12.2 Å². The third-order valence-corrected chi connectivity index (χ3v) is 5.82. The number of ether oxygens (including phenoxy) is 2. The van der Waals surface area contributed by atoms with Crippen LogP contribution >= 0.6 is 0 Å². The molecule has 4 rings (SSSR count). The average Bonchev–Trinajstić information content (AvgIpc) is 2.83. The van der Waals surface area contributed by atoms with E-state index in [-0.39, 0.29) is 5.91 Å². The summed E-state index contributed by atoms with van der Waals surface area (Å²) in [5, 5.41) is 3.65. The van der Waals surface area contributed by atoms with E-state index in [1.165, 1.54) is 0 Å². The van der Waals surface area contributed by atoms with Crippen LogP contribution in [-0.2, 0) is 17.0 Å². The van der Waals surface area contributed by atoms with Gasteiger partial charge in [-0.15, -0.1) is 0 Å². The van der Waals surface area contributed by atoms with Crippen LogP contribution in [0.3, 0.4) is 0 Å². The highest BCUT2D eigenvalue weighted by atomic mass is 16.5. The largest absolute Gasteiger partial charge is 0.489 e. The summed E-state index contributed by atoms with van der Waals surface area (Å²) in [7, 11) is 1.66. The van der Waals surface area contributed by atoms with Gasteiger partial charge in [-0.05, 0) is 41.8 Å². The summed E-state index contributed by atoms with van der Waals surface area (Å²) >= 11 is 0. The number of nitrogens with zero attached hydrogens (tertiary/aromatic N) is 1. The molecule has 31 heavy (non-hydrogen) atoms. The number of carbonyl (C=O) groups is 1. The van der Waals surface area contributed by atoms with E-state index < -0.39 is 5.66 Å². The molecule has 5 heteroatoms. The fourth-order valence-corrected chi connectivity index (χ4v) is 4.14. The van der Waals surface area contributed by atoms with Crippen LogP contribution in [-0.4, -0.2) is 31.1 Å². The van der Waals surface area contributed by atoms with Crippen molar-refractivity contribution in [1.82, 2.24) is 4.90 Å². The van der Waals surface area contributed by atoms with E-state index in [9.17, 15) is 4.79 Å². The molecular formula is C26H28N2O3. The van der Waals surface area contributed by atoms with Crippen LogP contribution in [0.25, 0.3) is 0 Å². The molecule has 3 aromatic carbocycles. The summed E-state index contributed by atoms with van der Waals surface area (Å²) < 4.78 is 11.3. The second kappa shape index (κ2) is 9.23. The van der Waals surface area contributed by atoms with E-state index in [4.69, 9.17) is 9.47 Å². The first kappa shape index (κ1) is 20.9. The maximum Gasteiger partial charge on any atom is 0.258 e. The molecule has 3 aromatic rings. The first-order valence-electron chi connectivity index (χ1n) is 10.6. The number of anilines is 1. The van der Waals surface area contributed by atoms with Crippen molar-refractivity contribution in [3.8, 4) is 5.75 Å². The maximum atomic E-state index is 13.4. The fourth-order valence-electron chi connectivity index (χ4n) is 4.14. The first-order valence-corrected chi connectivity index (χ1v) is 10.6. The van der Waals surface area contributed by atoms with Crippen LogP contribution in [0.4, 0.5) is 5.69 Å². The van der Waals surface area contributed by atoms with Crippen LogP contribution < -0.4 is 10.1 Å². The van der Waals surface area contributed by atoms with Crippen LogP contribution in [0, 0.1) is 0 Å². The van der Waals surface area contributed by atoms with Gasteiger partial charge >= 0.3 is 0 Å². The van der Waals surface area contributed by atoms with Gasteiger partial charge in [-0.25, -0.2) is 0 Å². The Balaban J connectivity index is 1.63. The Labute approximate surface area is 183 Å². The molecule has 5 nitrogen and oxygen atoms in total. The zero-order chi connectivity index (χ0) is 21.7. The van der Waals surface area contributed by atoms with Crippen molar-refractivity contribution >= 4 is 11.6 Å². The van der Waals surface area contributed by atoms with Crippen molar-refractivity contribution < 1.29 is 14.3 Å². The van der Waals surface area contributed by atoms with Crippen LogP contribution in [0.15, 0.2) is 78.9 Å². The molecule has 1 aliphatic rings. The lowest BCUT2D eigenvalue weighted by Gasteiger charge is -2.48. The molecule has 0 bridgehead atoms. The monoisotopic (exact) mass is 416 g/mol. The van der Waals surface area contributed by atoms with Gasteiger partial charge in [0.1, 0.15) is 18.0 Å². The minimum atomic E-state index is -0.651. The SMILES string of the molecule is CCC1(c2ccc(OCc3ccccc3)cc2)Nc2ccccc2C(=O)N1CCOC. The molecule has 0 saturated heterocycles. The topological polar surface area (TPSA) is 50.8 Å². The average molecular weight is 417 g/mol. The molecule has 1 amide bonds. The Hall–Kier alpha value is -3.31. The Bertz CT molecular complexity index is 1020. The van der Waals surface area contributed by atoms with Gasteiger partial charge in [0.15, 0.2) is 0 Å². The summed E-state index contributed by atoms with van der Waals surface area (Å²) in [6.07, 6.45) is 0.709. The second-order valence-corrected chi connectivity index (χ2v) is 7.63. The first-order chi connectivity index (χ1) is 15.2. The number of carbonyl (C=O) groups excluding carboxylic acids is 1. The number of rotatable bonds is 8. The number of benzene rings is 3. The van der Waals surface area contributed by atoms with Crippen molar-refractivity contribution in [2.75, 3.05) is 25.6 Å². The summed E-state index contributed by atoms with van der Waals surface area (Å²) in [6, 6.07) is 25.8. The van der Waals surface area contributed by atoms with E-state index in [0.717, 1.165) is 22.6 Å². The molecule has 0 aromatic heterocycles. The fraction of sp³-hybridized carbons (Fsp3) is 0.269. The van der Waals surface area contributed by atoms with Gasteiger partial charge in [0.25, 0.3) is 5.91 Å². The molecule has 0 radical (unpaired) electrons. The number of fused-ring (bicyclic) bond motifs is 1. The van der Waals surface area contributed by atoms with Gasteiger partial charge in [0.2, 0.25) is 0 Å². The van der Waals surface area contributed by atoms with Gasteiger partial charge in [0, 0.05) is 19.3 Å². The predicted molar refractivity (Wildman–Crippen MR) is 122 cm³/mol. The molecule has 160 valence electrons. The van der Waals surface area contributed by atoms with Crippen molar-refractivity contribution in [1.29, 1.82) is 0 Å². The van der Waals surface area contributed by atoms with Gasteiger partial charge in [-0.3, -0.25) is 4.79 Å². The summed E-state index contributed by atoms with van der Waals surface area (Å²) in [5.74, 6) is 0.808. The number of nitrogens with one attached hydrogen (secondary N) is 1. The summed E-state index contributed by atoms with van der Waals surface area (Å²) in [6.45, 7) is 3.57. The number of hydrogen-bond acceptors (Lipinski definition) is 4. The van der Waals surface area contributed by atoms with Crippen molar-refractivity contribution in [3.05, 3.63) is 95.6 Å². The normalized spacial score (nSPS) is 17.7. The Morgan fingerprint density at radius 2 is 1.65 bits per heavy atom. The number of methoxy groups -OCH3 is 1. The minimum absolute atomic E-state index is 0.0117. The highest BCUT2D eigenvalue weighted by Crippen LogP contribution is 2.40. The molecular weight excluding hydrogens is 388 g/mol. The van der Waals surface area contributed by atoms with Crippen molar-refractivity contribution in [2.45, 2.75) is 25.6 Å². The highest BCUT2D eigenvalue weighted by Gasteiger charge is 2.44. The standard InChI is InChI=1S/C26H28N2O3/c1-3-26(21-13-15-22(16-14-21)31-19-20-9-5-4-6-10-20)27-24-12-8-7-11-23(24)25(29)28(26)17-18-30-2/h4-16,27H,3,17-19H2,1-2H3.